The van der Waals surface area contributed by atoms with Gasteiger partial charge < -0.3 is 0 Å². The van der Waals surface area contributed by atoms with E-state index in [0.717, 1.165) is 54.1 Å². The Kier molecular flexibility index (Phi) is 5.03. The molecule has 7 nitrogen and oxygen atoms in total. The quantitative estimate of drug-likeness (QED) is 0.204. The van der Waals surface area contributed by atoms with Gasteiger partial charge in [0.05, 0.1) is 11.0 Å². The highest BCUT2D eigenvalue weighted by atomic mass is 32.1. The van der Waals surface area contributed by atoms with Gasteiger partial charge >= 0.3 is 0 Å². The van der Waals surface area contributed by atoms with Crippen molar-refractivity contribution in [2.45, 2.75) is 0 Å². The molecular formula is C37H21N7S. The topological polar surface area (TPSA) is 74.3 Å². The molecule has 10 rings (SSSR count). The summed E-state index contributed by atoms with van der Waals surface area (Å²) >= 11 is 1.76. The average molecular weight is 596 g/mol. The molecule has 0 saturated heterocycles. The zero-order chi connectivity index (χ0) is 29.5. The van der Waals surface area contributed by atoms with E-state index >= 15 is 0 Å². The molecular weight excluding hydrogens is 575 g/mol. The van der Waals surface area contributed by atoms with Gasteiger partial charge in [0.25, 0.3) is 0 Å². The Hall–Kier alpha value is -5.99. The molecule has 0 aliphatic rings. The number of aromatic nitrogens is 7. The molecule has 6 heterocycles. The summed E-state index contributed by atoms with van der Waals surface area (Å²) in [6.07, 6.45) is 3.63. The van der Waals surface area contributed by atoms with Crippen LogP contribution in [0.1, 0.15) is 0 Å². The van der Waals surface area contributed by atoms with E-state index in [2.05, 4.69) is 91.0 Å². The van der Waals surface area contributed by atoms with E-state index in [1.807, 2.05) is 45.8 Å². The second kappa shape index (κ2) is 9.25. The van der Waals surface area contributed by atoms with Crippen LogP contribution in [0.5, 0.6) is 0 Å². The lowest BCUT2D eigenvalue weighted by Gasteiger charge is -2.12. The fraction of sp³-hybridized carbons (Fsp3) is 0. The van der Waals surface area contributed by atoms with Crippen LogP contribution in [0.3, 0.4) is 0 Å². The molecule has 0 aliphatic heterocycles. The zero-order valence-corrected chi connectivity index (χ0v) is 24.5. The molecule has 0 amide bonds. The van der Waals surface area contributed by atoms with Crippen molar-refractivity contribution in [3.05, 3.63) is 128 Å². The molecule has 0 unspecified atom stereocenters. The molecule has 0 saturated carbocycles. The molecule has 0 radical (unpaired) electrons. The maximum atomic E-state index is 5.21. The van der Waals surface area contributed by atoms with Gasteiger partial charge in [0.15, 0.2) is 5.82 Å². The Morgan fingerprint density at radius 3 is 1.62 bits per heavy atom. The van der Waals surface area contributed by atoms with Gasteiger partial charge in [-0.05, 0) is 48.5 Å². The minimum absolute atomic E-state index is 0.500. The van der Waals surface area contributed by atoms with Gasteiger partial charge in [-0.3, -0.25) is 9.13 Å². The number of rotatable bonds is 3. The lowest BCUT2D eigenvalue weighted by molar-refractivity contribution is 0.884. The number of hydrogen-bond donors (Lipinski definition) is 0. The van der Waals surface area contributed by atoms with Crippen molar-refractivity contribution in [2.75, 3.05) is 0 Å². The Labute approximate surface area is 259 Å². The molecule has 210 valence electrons. The SMILES string of the molecule is c1ccc2c(c1)sc1c(-c3nc(-n4c5ccccc5c5cccnc54)nc(-n4c5ccccc5c5cccnc54)n3)cccc12. The van der Waals surface area contributed by atoms with Crippen molar-refractivity contribution in [2.24, 2.45) is 0 Å². The molecule has 4 aromatic carbocycles. The normalized spacial score (nSPS) is 12.0. The smallest absolute Gasteiger partial charge is 0.241 e. The van der Waals surface area contributed by atoms with Crippen molar-refractivity contribution in [1.29, 1.82) is 0 Å². The average Bonchev–Trinajstić information content (AvgIpc) is 3.76. The number of nitrogens with zero attached hydrogens (tertiary/aromatic N) is 7. The van der Waals surface area contributed by atoms with Crippen molar-refractivity contribution < 1.29 is 0 Å². The van der Waals surface area contributed by atoms with E-state index in [0.29, 0.717) is 17.7 Å². The first kappa shape index (κ1) is 24.5. The molecule has 10 aromatic rings. The zero-order valence-electron chi connectivity index (χ0n) is 23.7. The molecule has 6 aromatic heterocycles. The van der Waals surface area contributed by atoms with E-state index in [-0.39, 0.29) is 0 Å². The van der Waals surface area contributed by atoms with Crippen LogP contribution >= 0.6 is 11.3 Å². The van der Waals surface area contributed by atoms with Crippen molar-refractivity contribution in [3.8, 4) is 23.3 Å². The van der Waals surface area contributed by atoms with E-state index in [1.165, 1.54) is 15.5 Å². The monoisotopic (exact) mass is 595 g/mol. The number of thiophene rings is 1. The number of hydrogen-bond acceptors (Lipinski definition) is 6. The summed E-state index contributed by atoms with van der Waals surface area (Å²) in [5, 5.41) is 6.69. The first-order chi connectivity index (χ1) is 22.3. The Morgan fingerprint density at radius 2 is 0.978 bits per heavy atom. The van der Waals surface area contributed by atoms with Crippen LogP contribution in [0, 0.1) is 0 Å². The summed E-state index contributed by atoms with van der Waals surface area (Å²) < 4.78 is 6.47. The summed E-state index contributed by atoms with van der Waals surface area (Å²) in [6, 6.07) is 39.6. The van der Waals surface area contributed by atoms with Crippen LogP contribution in [-0.4, -0.2) is 34.1 Å². The number of fused-ring (bicyclic) bond motifs is 9. The molecule has 0 fully saturated rings. The van der Waals surface area contributed by atoms with Crippen LogP contribution in [-0.2, 0) is 0 Å². The molecule has 0 N–H and O–H groups in total. The van der Waals surface area contributed by atoms with Gasteiger partial charge in [-0.25, -0.2) is 9.97 Å². The molecule has 45 heavy (non-hydrogen) atoms. The Bertz CT molecular complexity index is 2550. The summed E-state index contributed by atoms with van der Waals surface area (Å²) in [5.41, 5.74) is 4.51. The van der Waals surface area contributed by atoms with Crippen molar-refractivity contribution in [3.63, 3.8) is 0 Å². The standard InChI is InChI=1S/C37H21N7S/c1-4-17-29-22(10-1)26-15-8-20-38-34(26)43(29)36-40-33(28-14-7-13-25-24-12-3-6-19-31(24)45-32(25)28)41-37(42-36)44-30-18-5-2-11-23(30)27-16-9-21-39-35(27)44/h1-21H. The minimum Gasteiger partial charge on any atom is -0.262 e. The number of pyridine rings is 2. The summed E-state index contributed by atoms with van der Waals surface area (Å²) in [7, 11) is 0. The molecule has 0 aliphatic carbocycles. The maximum Gasteiger partial charge on any atom is 0.241 e. The second-order valence-electron chi connectivity index (χ2n) is 11.0. The predicted octanol–water partition coefficient (Wildman–Crippen LogP) is 8.89. The highest BCUT2D eigenvalue weighted by molar-refractivity contribution is 7.26. The van der Waals surface area contributed by atoms with Crippen LogP contribution in [0.4, 0.5) is 0 Å². The number of benzene rings is 4. The van der Waals surface area contributed by atoms with Crippen molar-refractivity contribution >= 4 is 75.4 Å². The van der Waals surface area contributed by atoms with Gasteiger partial charge in [0.1, 0.15) is 11.3 Å². The van der Waals surface area contributed by atoms with Crippen LogP contribution in [0.15, 0.2) is 128 Å². The van der Waals surface area contributed by atoms with Gasteiger partial charge in [-0.1, -0.05) is 66.7 Å². The lowest BCUT2D eigenvalue weighted by atomic mass is 10.1. The first-order valence-corrected chi connectivity index (χ1v) is 15.5. The van der Waals surface area contributed by atoms with Crippen molar-refractivity contribution in [1.82, 2.24) is 34.1 Å². The van der Waals surface area contributed by atoms with Crippen LogP contribution < -0.4 is 0 Å². The predicted molar refractivity (Wildman–Crippen MR) is 182 cm³/mol. The third-order valence-electron chi connectivity index (χ3n) is 8.52. The van der Waals surface area contributed by atoms with Crippen LogP contribution in [0.25, 0.3) is 87.3 Å². The fourth-order valence-corrected chi connectivity index (χ4v) is 7.81. The molecule has 0 bridgehead atoms. The molecule has 8 heteroatoms. The van der Waals surface area contributed by atoms with Gasteiger partial charge in [0, 0.05) is 59.7 Å². The first-order valence-electron chi connectivity index (χ1n) is 14.7. The largest absolute Gasteiger partial charge is 0.262 e. The minimum atomic E-state index is 0.500. The third kappa shape index (κ3) is 3.48. The van der Waals surface area contributed by atoms with Crippen LogP contribution in [0.2, 0.25) is 0 Å². The highest BCUT2D eigenvalue weighted by Crippen LogP contribution is 2.40. The van der Waals surface area contributed by atoms with Gasteiger partial charge in [0.2, 0.25) is 11.9 Å². The Morgan fingerprint density at radius 1 is 0.444 bits per heavy atom. The summed E-state index contributed by atoms with van der Waals surface area (Å²) in [5.74, 6) is 1.59. The highest BCUT2D eigenvalue weighted by Gasteiger charge is 2.22. The van der Waals surface area contributed by atoms with E-state index < -0.39 is 0 Å². The van der Waals surface area contributed by atoms with Gasteiger partial charge in [-0.2, -0.15) is 15.0 Å². The fourth-order valence-electron chi connectivity index (χ4n) is 6.59. The van der Waals surface area contributed by atoms with Gasteiger partial charge in [-0.15, -0.1) is 11.3 Å². The lowest BCUT2D eigenvalue weighted by Crippen LogP contribution is -2.11. The Balaban J connectivity index is 1.35. The molecule has 0 atom stereocenters. The summed E-state index contributed by atoms with van der Waals surface area (Å²) in [4.78, 5) is 25.2. The molecule has 0 spiro atoms. The summed E-state index contributed by atoms with van der Waals surface area (Å²) in [6.45, 7) is 0. The van der Waals surface area contributed by atoms with E-state index in [9.17, 15) is 0 Å². The second-order valence-corrected chi connectivity index (χ2v) is 12.0. The van der Waals surface area contributed by atoms with E-state index in [4.69, 9.17) is 24.9 Å². The van der Waals surface area contributed by atoms with E-state index in [1.54, 1.807) is 11.3 Å². The maximum absolute atomic E-state index is 5.21. The third-order valence-corrected chi connectivity index (χ3v) is 9.74. The number of para-hydroxylation sites is 2.